The minimum atomic E-state index is -0.190. The smallest absolute Gasteiger partial charge is 0.112 e. The summed E-state index contributed by atoms with van der Waals surface area (Å²) < 4.78 is 6.42. The molecule has 0 aliphatic carbocycles. The molecule has 0 aliphatic heterocycles. The van der Waals surface area contributed by atoms with Gasteiger partial charge in [-0.3, -0.25) is 4.98 Å². The number of nitrogens with two attached hydrogens (primary N) is 1. The van der Waals surface area contributed by atoms with Crippen LogP contribution in [-0.4, -0.2) is 29.8 Å². The van der Waals surface area contributed by atoms with Crippen LogP contribution < -0.4 is 5.73 Å². The molecule has 0 fully saturated rings. The van der Waals surface area contributed by atoms with Crippen molar-refractivity contribution in [3.8, 4) is 0 Å². The van der Waals surface area contributed by atoms with Crippen molar-refractivity contribution in [2.45, 2.75) is 12.5 Å². The first-order chi connectivity index (χ1) is 7.27. The van der Waals surface area contributed by atoms with Crippen LogP contribution in [0.3, 0.4) is 0 Å². The fourth-order valence-electron chi connectivity index (χ4n) is 1.14. The second-order valence-corrected chi connectivity index (χ2v) is 3.99. The van der Waals surface area contributed by atoms with Gasteiger partial charge in [0.25, 0.3) is 0 Å². The van der Waals surface area contributed by atoms with Crippen molar-refractivity contribution in [1.29, 1.82) is 0 Å². The Labute approximate surface area is 97.6 Å². The largest absolute Gasteiger partial charge is 0.396 e. The third kappa shape index (κ3) is 4.25. The van der Waals surface area contributed by atoms with Crippen LogP contribution in [0.5, 0.6) is 0 Å². The molecule has 0 bridgehead atoms. The van der Waals surface area contributed by atoms with Gasteiger partial charge in [-0.1, -0.05) is 0 Å². The summed E-state index contributed by atoms with van der Waals surface area (Å²) in [7, 11) is 0. The number of nitrogens with zero attached hydrogens (tertiary/aromatic N) is 1. The molecule has 1 unspecified atom stereocenters. The zero-order valence-electron chi connectivity index (χ0n) is 8.40. The van der Waals surface area contributed by atoms with Crippen LogP contribution in [-0.2, 0) is 4.74 Å². The van der Waals surface area contributed by atoms with Crippen LogP contribution in [0, 0.1) is 0 Å². The first-order valence-electron chi connectivity index (χ1n) is 4.82. The third-order valence-electron chi connectivity index (χ3n) is 1.92. The van der Waals surface area contributed by atoms with Crippen molar-refractivity contribution >= 4 is 15.9 Å². The Morgan fingerprint density at radius 2 is 2.33 bits per heavy atom. The van der Waals surface area contributed by atoms with E-state index >= 15 is 0 Å². The van der Waals surface area contributed by atoms with E-state index in [1.54, 1.807) is 6.20 Å². The molecule has 0 saturated heterocycles. The lowest BCUT2D eigenvalue weighted by atomic mass is 10.2. The molecule has 3 N–H and O–H groups in total. The first-order valence-corrected chi connectivity index (χ1v) is 5.61. The van der Waals surface area contributed by atoms with Gasteiger partial charge in [0, 0.05) is 30.4 Å². The highest BCUT2D eigenvalue weighted by Gasteiger charge is 2.10. The lowest BCUT2D eigenvalue weighted by molar-refractivity contribution is 0.0462. The summed E-state index contributed by atoms with van der Waals surface area (Å²) in [4.78, 5) is 4.21. The summed E-state index contributed by atoms with van der Waals surface area (Å²) in [5, 5.41) is 8.63. The lowest BCUT2D eigenvalue weighted by Gasteiger charge is -2.14. The summed E-state index contributed by atoms with van der Waals surface area (Å²) in [6, 6.07) is 3.78. The number of hydrogen-bond acceptors (Lipinski definition) is 4. The fourth-order valence-corrected chi connectivity index (χ4v) is 1.38. The zero-order valence-corrected chi connectivity index (χ0v) is 9.98. The number of aromatic nitrogens is 1. The standard InChI is InChI=1S/C10H15BrN2O2/c11-8-2-3-9(13-7-8)10(6-12)15-5-1-4-14/h2-3,7,10,14H,1,4-6,12H2. The molecule has 1 aromatic rings. The van der Waals surface area contributed by atoms with Crippen molar-refractivity contribution in [1.82, 2.24) is 4.98 Å². The monoisotopic (exact) mass is 274 g/mol. The normalized spacial score (nSPS) is 12.7. The Kier molecular flexibility index (Phi) is 5.78. The SMILES string of the molecule is NCC(OCCCO)c1ccc(Br)cn1. The van der Waals surface area contributed by atoms with E-state index in [0.29, 0.717) is 19.6 Å². The van der Waals surface area contributed by atoms with E-state index in [9.17, 15) is 0 Å². The van der Waals surface area contributed by atoms with Gasteiger partial charge in [0.15, 0.2) is 0 Å². The van der Waals surface area contributed by atoms with E-state index in [0.717, 1.165) is 10.2 Å². The van der Waals surface area contributed by atoms with E-state index in [-0.39, 0.29) is 12.7 Å². The number of ether oxygens (including phenoxy) is 1. The van der Waals surface area contributed by atoms with E-state index in [2.05, 4.69) is 20.9 Å². The zero-order chi connectivity index (χ0) is 11.1. The maximum absolute atomic E-state index is 8.63. The van der Waals surface area contributed by atoms with Crippen molar-refractivity contribution in [2.75, 3.05) is 19.8 Å². The third-order valence-corrected chi connectivity index (χ3v) is 2.38. The summed E-state index contributed by atoms with van der Waals surface area (Å²) in [5.41, 5.74) is 6.40. The van der Waals surface area contributed by atoms with Crippen molar-refractivity contribution in [2.24, 2.45) is 5.73 Å². The van der Waals surface area contributed by atoms with Crippen molar-refractivity contribution in [3.05, 3.63) is 28.5 Å². The predicted molar refractivity (Wildman–Crippen MR) is 61.4 cm³/mol. The predicted octanol–water partition coefficient (Wildman–Crippen LogP) is 1.24. The molecule has 1 aromatic heterocycles. The Morgan fingerprint density at radius 1 is 1.53 bits per heavy atom. The van der Waals surface area contributed by atoms with Crippen LogP contribution in [0.4, 0.5) is 0 Å². The van der Waals surface area contributed by atoms with Crippen LogP contribution in [0.15, 0.2) is 22.8 Å². The van der Waals surface area contributed by atoms with E-state index in [4.69, 9.17) is 15.6 Å². The highest BCUT2D eigenvalue weighted by molar-refractivity contribution is 9.10. The van der Waals surface area contributed by atoms with Gasteiger partial charge < -0.3 is 15.6 Å². The number of aliphatic hydroxyl groups excluding tert-OH is 1. The van der Waals surface area contributed by atoms with Gasteiger partial charge >= 0.3 is 0 Å². The number of hydrogen-bond donors (Lipinski definition) is 2. The average Bonchev–Trinajstić information content (AvgIpc) is 2.26. The molecule has 0 aromatic carbocycles. The molecule has 0 saturated carbocycles. The molecule has 0 aliphatic rings. The Bertz CT molecular complexity index is 279. The van der Waals surface area contributed by atoms with Gasteiger partial charge in [0.05, 0.1) is 5.69 Å². The Morgan fingerprint density at radius 3 is 2.87 bits per heavy atom. The lowest BCUT2D eigenvalue weighted by Crippen LogP contribution is -2.17. The van der Waals surface area contributed by atoms with E-state index < -0.39 is 0 Å². The second-order valence-electron chi connectivity index (χ2n) is 3.07. The topological polar surface area (TPSA) is 68.4 Å². The van der Waals surface area contributed by atoms with Gasteiger partial charge in [-0.15, -0.1) is 0 Å². The first kappa shape index (κ1) is 12.6. The van der Waals surface area contributed by atoms with E-state index in [1.165, 1.54) is 0 Å². The van der Waals surface area contributed by atoms with Gasteiger partial charge in [-0.25, -0.2) is 0 Å². The van der Waals surface area contributed by atoms with Crippen LogP contribution in [0.2, 0.25) is 0 Å². The molecular formula is C10H15BrN2O2. The molecule has 4 nitrogen and oxygen atoms in total. The summed E-state index contributed by atoms with van der Waals surface area (Å²) >= 11 is 3.31. The molecule has 5 heteroatoms. The van der Waals surface area contributed by atoms with Crippen molar-refractivity contribution in [3.63, 3.8) is 0 Å². The molecule has 1 atom stereocenters. The summed E-state index contributed by atoms with van der Waals surface area (Å²) in [6.45, 7) is 1.02. The molecule has 0 radical (unpaired) electrons. The van der Waals surface area contributed by atoms with Crippen molar-refractivity contribution < 1.29 is 9.84 Å². The molecule has 0 amide bonds. The summed E-state index contributed by atoms with van der Waals surface area (Å²) in [6.07, 6.45) is 2.14. The number of rotatable bonds is 6. The van der Waals surface area contributed by atoms with Crippen LogP contribution in [0.1, 0.15) is 18.2 Å². The van der Waals surface area contributed by atoms with E-state index in [1.807, 2.05) is 12.1 Å². The second kappa shape index (κ2) is 6.90. The number of aliphatic hydroxyl groups is 1. The van der Waals surface area contributed by atoms with Crippen LogP contribution in [0.25, 0.3) is 0 Å². The highest BCUT2D eigenvalue weighted by Crippen LogP contribution is 2.16. The number of halogens is 1. The Balaban J connectivity index is 2.53. The summed E-state index contributed by atoms with van der Waals surface area (Å²) in [5.74, 6) is 0. The number of pyridine rings is 1. The van der Waals surface area contributed by atoms with Gasteiger partial charge in [0.1, 0.15) is 6.10 Å². The molecular weight excluding hydrogens is 260 g/mol. The van der Waals surface area contributed by atoms with Gasteiger partial charge in [0.2, 0.25) is 0 Å². The van der Waals surface area contributed by atoms with Crippen LogP contribution >= 0.6 is 15.9 Å². The highest BCUT2D eigenvalue weighted by atomic mass is 79.9. The fraction of sp³-hybridized carbons (Fsp3) is 0.500. The average molecular weight is 275 g/mol. The quantitative estimate of drug-likeness (QED) is 0.766. The molecule has 0 spiro atoms. The maximum Gasteiger partial charge on any atom is 0.112 e. The maximum atomic E-state index is 8.63. The molecule has 15 heavy (non-hydrogen) atoms. The Hall–Kier alpha value is -0.490. The molecule has 84 valence electrons. The van der Waals surface area contributed by atoms with Gasteiger partial charge in [-0.2, -0.15) is 0 Å². The molecule has 1 heterocycles. The minimum Gasteiger partial charge on any atom is -0.396 e. The van der Waals surface area contributed by atoms with Gasteiger partial charge in [-0.05, 0) is 34.5 Å². The minimum absolute atomic E-state index is 0.130. The molecule has 1 rings (SSSR count).